The van der Waals surface area contributed by atoms with E-state index in [0.717, 1.165) is 37.7 Å². The number of hydrogen-bond acceptors (Lipinski definition) is 4. The van der Waals surface area contributed by atoms with E-state index in [0.29, 0.717) is 18.6 Å². The fourth-order valence-corrected chi connectivity index (χ4v) is 9.13. The molecule has 4 fully saturated rings. The number of hydrogen-bond donors (Lipinski definition) is 0. The summed E-state index contributed by atoms with van der Waals surface area (Å²) >= 11 is 0. The number of ketones is 2. The standard InChI is InChI=1S/C26H36O4/c1-15-13-20(29)30-26(15)12-11-24(5)18(26)14-16(27)21-23(4)9-8-19(28)22(2,3)17(23)7-10-25(21,24)6/h14-15,17,21H,7-13H2,1-6H3. The molecule has 0 aromatic rings. The summed E-state index contributed by atoms with van der Waals surface area (Å²) in [4.78, 5) is 38.9. The number of carbonyl (C=O) groups excluding carboxylic acids is 3. The number of allylic oxidation sites excluding steroid dienone is 1. The van der Waals surface area contributed by atoms with Crippen LogP contribution in [-0.4, -0.2) is 23.1 Å². The molecule has 5 rings (SSSR count). The highest BCUT2D eigenvalue weighted by Crippen LogP contribution is 2.74. The molecule has 4 nitrogen and oxygen atoms in total. The summed E-state index contributed by atoms with van der Waals surface area (Å²) in [6.07, 6.45) is 7.44. The molecule has 7 atom stereocenters. The molecule has 1 spiro atoms. The Bertz CT molecular complexity index is 899. The van der Waals surface area contributed by atoms with E-state index < -0.39 is 5.60 Å². The molecule has 0 amide bonds. The van der Waals surface area contributed by atoms with Gasteiger partial charge in [-0.1, -0.05) is 41.5 Å². The second-order valence-electron chi connectivity index (χ2n) is 12.4. The van der Waals surface area contributed by atoms with Gasteiger partial charge in [-0.25, -0.2) is 0 Å². The zero-order valence-electron chi connectivity index (χ0n) is 19.4. The lowest BCUT2D eigenvalue weighted by atomic mass is 9.36. The van der Waals surface area contributed by atoms with Crippen molar-refractivity contribution in [1.82, 2.24) is 0 Å². The largest absolute Gasteiger partial charge is 0.454 e. The first-order chi connectivity index (χ1) is 13.8. The second-order valence-corrected chi connectivity index (χ2v) is 12.4. The van der Waals surface area contributed by atoms with Gasteiger partial charge in [-0.3, -0.25) is 14.4 Å². The van der Waals surface area contributed by atoms with Crippen LogP contribution < -0.4 is 0 Å². The van der Waals surface area contributed by atoms with E-state index >= 15 is 0 Å². The lowest BCUT2D eigenvalue weighted by Crippen LogP contribution is -2.64. The van der Waals surface area contributed by atoms with Crippen LogP contribution in [0.4, 0.5) is 0 Å². The SMILES string of the molecule is CC1CC(=O)OC12CCC1(C)C2=CC(=O)C2C3(C)CCC(=O)C(C)(C)C3CCC21C. The maximum Gasteiger partial charge on any atom is 0.307 e. The highest BCUT2D eigenvalue weighted by atomic mass is 16.6. The molecule has 4 aliphatic carbocycles. The molecular formula is C26H36O4. The topological polar surface area (TPSA) is 60.4 Å². The maximum atomic E-state index is 13.9. The second kappa shape index (κ2) is 5.66. The van der Waals surface area contributed by atoms with Crippen LogP contribution in [0.1, 0.15) is 86.5 Å². The third kappa shape index (κ3) is 2.07. The summed E-state index contributed by atoms with van der Waals surface area (Å²) in [6, 6.07) is 0. The van der Waals surface area contributed by atoms with Gasteiger partial charge in [-0.15, -0.1) is 0 Å². The first-order valence-electron chi connectivity index (χ1n) is 11.8. The van der Waals surface area contributed by atoms with Crippen LogP contribution in [0, 0.1) is 39.4 Å². The van der Waals surface area contributed by atoms with E-state index in [1.54, 1.807) is 0 Å². The summed E-state index contributed by atoms with van der Waals surface area (Å²) in [5.41, 5.74) is -0.357. The molecule has 0 aromatic heterocycles. The van der Waals surface area contributed by atoms with Gasteiger partial charge in [-0.2, -0.15) is 0 Å². The molecule has 5 aliphatic rings. The van der Waals surface area contributed by atoms with Gasteiger partial charge in [0.15, 0.2) is 5.78 Å². The number of esters is 1. The van der Waals surface area contributed by atoms with Gasteiger partial charge in [0.2, 0.25) is 0 Å². The molecule has 0 bridgehead atoms. The summed E-state index contributed by atoms with van der Waals surface area (Å²) in [5, 5.41) is 0. The molecule has 1 saturated heterocycles. The van der Waals surface area contributed by atoms with Crippen molar-refractivity contribution < 1.29 is 19.1 Å². The highest BCUT2D eigenvalue weighted by Gasteiger charge is 2.72. The van der Waals surface area contributed by atoms with Crippen LogP contribution in [0.2, 0.25) is 0 Å². The molecule has 0 radical (unpaired) electrons. The van der Waals surface area contributed by atoms with E-state index in [2.05, 4.69) is 41.5 Å². The Hall–Kier alpha value is -1.45. The van der Waals surface area contributed by atoms with Gasteiger partial charge in [0, 0.05) is 23.7 Å². The van der Waals surface area contributed by atoms with Gasteiger partial charge >= 0.3 is 5.97 Å². The van der Waals surface area contributed by atoms with Crippen molar-refractivity contribution in [2.75, 3.05) is 0 Å². The minimum absolute atomic E-state index is 0.0764. The Morgan fingerprint density at radius 2 is 1.67 bits per heavy atom. The summed E-state index contributed by atoms with van der Waals surface area (Å²) < 4.78 is 6.00. The molecule has 7 unspecified atom stereocenters. The van der Waals surface area contributed by atoms with Crippen molar-refractivity contribution >= 4 is 17.5 Å². The Balaban J connectivity index is 1.66. The quantitative estimate of drug-likeness (QED) is 0.523. The molecule has 4 heteroatoms. The fourth-order valence-electron chi connectivity index (χ4n) is 9.13. The average molecular weight is 413 g/mol. The van der Waals surface area contributed by atoms with E-state index in [9.17, 15) is 14.4 Å². The number of ether oxygens (including phenoxy) is 1. The molecule has 1 heterocycles. The zero-order valence-corrected chi connectivity index (χ0v) is 19.4. The van der Waals surface area contributed by atoms with Crippen LogP contribution in [0.15, 0.2) is 11.6 Å². The van der Waals surface area contributed by atoms with Gasteiger partial charge in [0.25, 0.3) is 0 Å². The predicted octanol–water partition coefficient (Wildman–Crippen LogP) is 5.05. The van der Waals surface area contributed by atoms with Crippen molar-refractivity contribution in [3.05, 3.63) is 11.6 Å². The molecule has 1 aliphatic heterocycles. The third-order valence-electron chi connectivity index (χ3n) is 11.0. The number of fused-ring (bicyclic) bond motifs is 6. The van der Waals surface area contributed by atoms with Gasteiger partial charge in [0.1, 0.15) is 11.4 Å². The summed E-state index contributed by atoms with van der Waals surface area (Å²) in [6.45, 7) is 13.2. The fraction of sp³-hybridized carbons (Fsp3) is 0.808. The van der Waals surface area contributed by atoms with Crippen LogP contribution in [-0.2, 0) is 19.1 Å². The van der Waals surface area contributed by atoms with Crippen molar-refractivity contribution in [3.8, 4) is 0 Å². The van der Waals surface area contributed by atoms with Crippen LogP contribution >= 0.6 is 0 Å². The van der Waals surface area contributed by atoms with Gasteiger partial charge < -0.3 is 4.74 Å². The van der Waals surface area contributed by atoms with Crippen LogP contribution in [0.25, 0.3) is 0 Å². The first-order valence-corrected chi connectivity index (χ1v) is 11.8. The maximum absolute atomic E-state index is 13.9. The Morgan fingerprint density at radius 3 is 2.30 bits per heavy atom. The Kier molecular flexibility index (Phi) is 3.86. The lowest BCUT2D eigenvalue weighted by molar-refractivity contribution is -0.180. The number of rotatable bonds is 0. The minimum Gasteiger partial charge on any atom is -0.454 e. The number of carbonyl (C=O) groups is 3. The average Bonchev–Trinajstić information content (AvgIpc) is 3.09. The summed E-state index contributed by atoms with van der Waals surface area (Å²) in [5.74, 6) is 0.710. The monoisotopic (exact) mass is 412 g/mol. The first kappa shape index (κ1) is 20.5. The van der Waals surface area contributed by atoms with Crippen LogP contribution in [0.3, 0.4) is 0 Å². The Labute approximate surface area is 180 Å². The van der Waals surface area contributed by atoms with E-state index in [1.807, 2.05) is 6.08 Å². The van der Waals surface area contributed by atoms with E-state index in [4.69, 9.17) is 4.74 Å². The van der Waals surface area contributed by atoms with Crippen molar-refractivity contribution in [2.24, 2.45) is 39.4 Å². The molecular weight excluding hydrogens is 376 g/mol. The zero-order chi connectivity index (χ0) is 21.9. The molecule has 30 heavy (non-hydrogen) atoms. The normalized spacial score (nSPS) is 51.9. The smallest absolute Gasteiger partial charge is 0.307 e. The molecule has 3 saturated carbocycles. The van der Waals surface area contributed by atoms with E-state index in [1.165, 1.54) is 0 Å². The van der Waals surface area contributed by atoms with Gasteiger partial charge in [-0.05, 0) is 65.9 Å². The highest BCUT2D eigenvalue weighted by molar-refractivity contribution is 5.97. The van der Waals surface area contributed by atoms with Crippen LogP contribution in [0.5, 0.6) is 0 Å². The van der Waals surface area contributed by atoms with Crippen molar-refractivity contribution in [3.63, 3.8) is 0 Å². The van der Waals surface area contributed by atoms with Crippen molar-refractivity contribution in [2.45, 2.75) is 92.1 Å². The van der Waals surface area contributed by atoms with Gasteiger partial charge in [0.05, 0.1) is 6.42 Å². The molecule has 164 valence electrons. The third-order valence-corrected chi connectivity index (χ3v) is 11.0. The lowest BCUT2D eigenvalue weighted by Gasteiger charge is -2.66. The number of Topliss-reactive ketones (excluding diaryl/α,β-unsaturated/α-hetero) is 1. The van der Waals surface area contributed by atoms with E-state index in [-0.39, 0.29) is 51.2 Å². The molecule has 0 N–H and O–H groups in total. The Morgan fingerprint density at radius 1 is 0.967 bits per heavy atom. The van der Waals surface area contributed by atoms with Crippen molar-refractivity contribution in [1.29, 1.82) is 0 Å². The molecule has 0 aromatic carbocycles. The minimum atomic E-state index is -0.588. The predicted molar refractivity (Wildman–Crippen MR) is 113 cm³/mol. The summed E-state index contributed by atoms with van der Waals surface area (Å²) in [7, 11) is 0.